The summed E-state index contributed by atoms with van der Waals surface area (Å²) in [4.78, 5) is 25.3. The number of halogens is 1. The van der Waals surface area contributed by atoms with Crippen LogP contribution in [-0.4, -0.2) is 29.6 Å². The van der Waals surface area contributed by atoms with Crippen LogP contribution in [0.4, 0.5) is 5.69 Å². The van der Waals surface area contributed by atoms with Crippen molar-refractivity contribution < 1.29 is 19.4 Å². The molecule has 4 aromatic rings. The smallest absolute Gasteiger partial charge is 0.326 e. The second-order valence-corrected chi connectivity index (χ2v) is 9.64. The first kappa shape index (κ1) is 29.2. The molecule has 0 heterocycles. The van der Waals surface area contributed by atoms with Crippen LogP contribution in [0.5, 0.6) is 11.5 Å². The number of benzene rings is 4. The van der Waals surface area contributed by atoms with Gasteiger partial charge in [-0.05, 0) is 54.4 Å². The van der Waals surface area contributed by atoms with Gasteiger partial charge in [0.2, 0.25) is 0 Å². The van der Waals surface area contributed by atoms with E-state index in [0.717, 1.165) is 22.4 Å². The fourth-order valence-corrected chi connectivity index (χ4v) is 4.36. The van der Waals surface area contributed by atoms with Gasteiger partial charge in [-0.1, -0.05) is 96.6 Å². The number of aliphatic carboxylic acids is 1. The molecule has 0 bridgehead atoms. The molecular weight excluding hydrogens is 536 g/mol. The molecule has 0 unspecified atom stereocenters. The Hall–Kier alpha value is -4.81. The monoisotopic (exact) mass is 566 g/mol. The fraction of sp³-hybridized carbons (Fsp3) is 0.118. The van der Waals surface area contributed by atoms with Gasteiger partial charge in [-0.15, -0.1) is 0 Å². The molecule has 208 valence electrons. The van der Waals surface area contributed by atoms with Gasteiger partial charge in [0, 0.05) is 29.2 Å². The van der Waals surface area contributed by atoms with Crippen molar-refractivity contribution in [1.82, 2.24) is 5.32 Å². The molecule has 0 aromatic heterocycles. The molecule has 4 aromatic carbocycles. The zero-order chi connectivity index (χ0) is 29.0. The number of anilines is 1. The van der Waals surface area contributed by atoms with Gasteiger partial charge < -0.3 is 20.5 Å². The summed E-state index contributed by atoms with van der Waals surface area (Å²) in [5, 5.41) is 16.1. The maximum Gasteiger partial charge on any atom is 0.326 e. The highest BCUT2D eigenvalue weighted by atomic mass is 35.5. The van der Waals surface area contributed by atoms with Gasteiger partial charge in [0.05, 0.1) is 5.56 Å². The number of carbonyl (C=O) groups is 2. The number of carboxylic acids is 1. The molecule has 0 fully saturated rings. The Morgan fingerprint density at radius 2 is 1.66 bits per heavy atom. The summed E-state index contributed by atoms with van der Waals surface area (Å²) >= 11 is 6.16. The van der Waals surface area contributed by atoms with Crippen molar-refractivity contribution in [2.45, 2.75) is 19.4 Å². The van der Waals surface area contributed by atoms with Crippen LogP contribution in [0.1, 0.15) is 22.8 Å². The van der Waals surface area contributed by atoms with Crippen LogP contribution in [0.2, 0.25) is 5.02 Å². The quantitative estimate of drug-likeness (QED) is 0.152. The third-order valence-electron chi connectivity index (χ3n) is 6.24. The standard InChI is InChI=1S/C34H31ClN2O4/c1-2-3-4-10-21-36-30-20-19-26(35)23-29(30)33(38)37-31(34(39)40)22-24-15-17-25(18-16-24)28-13-8-9-14-32(28)41-27-11-6-5-7-12-27/h2-20,23,31,36H,21-22H2,1H3,(H,37,38)(H,39,40)/b3-2+,10-4+/t31-/m0/s1. The summed E-state index contributed by atoms with van der Waals surface area (Å²) in [7, 11) is 0. The number of rotatable bonds is 12. The minimum Gasteiger partial charge on any atom is -0.480 e. The minimum atomic E-state index is -1.14. The predicted octanol–water partition coefficient (Wildman–Crippen LogP) is 7.77. The highest BCUT2D eigenvalue weighted by molar-refractivity contribution is 6.31. The average Bonchev–Trinajstić information content (AvgIpc) is 2.98. The summed E-state index contributed by atoms with van der Waals surface area (Å²) in [6, 6.07) is 28.6. The first-order valence-electron chi connectivity index (χ1n) is 13.2. The third-order valence-corrected chi connectivity index (χ3v) is 6.48. The lowest BCUT2D eigenvalue weighted by atomic mass is 9.99. The van der Waals surface area contributed by atoms with E-state index in [1.165, 1.54) is 6.07 Å². The molecule has 0 aliphatic heterocycles. The molecule has 0 spiro atoms. The normalized spacial score (nSPS) is 11.9. The summed E-state index contributed by atoms with van der Waals surface area (Å²) in [5.41, 5.74) is 3.43. The van der Waals surface area contributed by atoms with Crippen LogP contribution >= 0.6 is 11.6 Å². The molecule has 0 aliphatic rings. The number of amides is 1. The lowest BCUT2D eigenvalue weighted by Gasteiger charge is -2.17. The molecule has 1 amide bonds. The van der Waals surface area contributed by atoms with E-state index in [4.69, 9.17) is 16.3 Å². The van der Waals surface area contributed by atoms with Crippen LogP contribution in [0.3, 0.4) is 0 Å². The van der Waals surface area contributed by atoms with E-state index in [1.807, 2.05) is 110 Å². The Labute approximate surface area is 245 Å². The summed E-state index contributed by atoms with van der Waals surface area (Å²) < 4.78 is 6.09. The second-order valence-electron chi connectivity index (χ2n) is 9.20. The first-order chi connectivity index (χ1) is 19.9. The molecule has 0 aliphatic carbocycles. The second kappa shape index (κ2) is 14.5. The lowest BCUT2D eigenvalue weighted by molar-refractivity contribution is -0.139. The minimum absolute atomic E-state index is 0.110. The summed E-state index contributed by atoms with van der Waals surface area (Å²) in [5.74, 6) is -0.205. The van der Waals surface area contributed by atoms with E-state index in [2.05, 4.69) is 10.6 Å². The molecule has 4 rings (SSSR count). The number of carboxylic acid groups (broad SMARTS) is 1. The van der Waals surface area contributed by atoms with Crippen LogP contribution in [-0.2, 0) is 11.2 Å². The van der Waals surface area contributed by atoms with Crippen LogP contribution < -0.4 is 15.4 Å². The maximum atomic E-state index is 13.2. The van der Waals surface area contributed by atoms with E-state index in [-0.39, 0.29) is 12.0 Å². The van der Waals surface area contributed by atoms with Gasteiger partial charge in [-0.3, -0.25) is 4.79 Å². The Morgan fingerprint density at radius 3 is 2.39 bits per heavy atom. The van der Waals surface area contributed by atoms with E-state index < -0.39 is 17.9 Å². The predicted molar refractivity (Wildman–Crippen MR) is 165 cm³/mol. The van der Waals surface area contributed by atoms with Gasteiger partial charge in [-0.2, -0.15) is 0 Å². The van der Waals surface area contributed by atoms with Crippen molar-refractivity contribution >= 4 is 29.2 Å². The van der Waals surface area contributed by atoms with E-state index >= 15 is 0 Å². The molecule has 0 saturated carbocycles. The van der Waals surface area contributed by atoms with Gasteiger partial charge in [0.25, 0.3) is 5.91 Å². The third kappa shape index (κ3) is 8.34. The van der Waals surface area contributed by atoms with Gasteiger partial charge in [0.15, 0.2) is 0 Å². The Kier molecular flexibility index (Phi) is 10.3. The highest BCUT2D eigenvalue weighted by Gasteiger charge is 2.23. The number of para-hydroxylation sites is 2. The van der Waals surface area contributed by atoms with Crippen LogP contribution in [0, 0.1) is 0 Å². The van der Waals surface area contributed by atoms with E-state index in [1.54, 1.807) is 12.1 Å². The molecule has 7 heteroatoms. The highest BCUT2D eigenvalue weighted by Crippen LogP contribution is 2.33. The number of allylic oxidation sites excluding steroid dienone is 3. The van der Waals surface area contributed by atoms with Gasteiger partial charge in [0.1, 0.15) is 17.5 Å². The Bertz CT molecular complexity index is 1530. The maximum absolute atomic E-state index is 13.2. The molecule has 0 saturated heterocycles. The zero-order valence-corrected chi connectivity index (χ0v) is 23.3. The Morgan fingerprint density at radius 1 is 0.927 bits per heavy atom. The summed E-state index contributed by atoms with van der Waals surface area (Å²) in [6.07, 6.45) is 7.73. The van der Waals surface area contributed by atoms with Crippen molar-refractivity contribution in [2.75, 3.05) is 11.9 Å². The van der Waals surface area contributed by atoms with Crippen molar-refractivity contribution in [3.8, 4) is 22.6 Å². The largest absolute Gasteiger partial charge is 0.480 e. The SMILES string of the molecule is C/C=C/C=C/CNc1ccc(Cl)cc1C(=O)N[C@@H](Cc1ccc(-c2ccccc2Oc2ccccc2)cc1)C(=O)O. The first-order valence-corrected chi connectivity index (χ1v) is 13.6. The van der Waals surface area contributed by atoms with E-state index in [9.17, 15) is 14.7 Å². The molecule has 1 atom stereocenters. The molecule has 6 nitrogen and oxygen atoms in total. The number of ether oxygens (including phenoxy) is 1. The number of nitrogens with one attached hydrogen (secondary N) is 2. The number of carbonyl (C=O) groups excluding carboxylic acids is 1. The Balaban J connectivity index is 1.47. The van der Waals surface area contributed by atoms with E-state index in [0.29, 0.717) is 23.0 Å². The van der Waals surface area contributed by atoms with Crippen molar-refractivity contribution in [3.63, 3.8) is 0 Å². The van der Waals surface area contributed by atoms with Gasteiger partial charge in [-0.25, -0.2) is 4.79 Å². The fourth-order valence-electron chi connectivity index (χ4n) is 4.19. The summed E-state index contributed by atoms with van der Waals surface area (Å²) in [6.45, 7) is 2.41. The lowest BCUT2D eigenvalue weighted by Crippen LogP contribution is -2.42. The topological polar surface area (TPSA) is 87.7 Å². The number of hydrogen-bond donors (Lipinski definition) is 3. The molecule has 3 N–H and O–H groups in total. The average molecular weight is 567 g/mol. The van der Waals surface area contributed by atoms with Crippen LogP contribution in [0.15, 0.2) is 121 Å². The number of hydrogen-bond acceptors (Lipinski definition) is 4. The molecule has 41 heavy (non-hydrogen) atoms. The molecule has 0 radical (unpaired) electrons. The van der Waals surface area contributed by atoms with Crippen molar-refractivity contribution in [3.05, 3.63) is 138 Å². The molecular formula is C34H31ClN2O4. The zero-order valence-electron chi connectivity index (χ0n) is 22.6. The van der Waals surface area contributed by atoms with Crippen molar-refractivity contribution in [1.29, 1.82) is 0 Å². The van der Waals surface area contributed by atoms with Gasteiger partial charge >= 0.3 is 5.97 Å². The van der Waals surface area contributed by atoms with Crippen LogP contribution in [0.25, 0.3) is 11.1 Å². The van der Waals surface area contributed by atoms with Crippen molar-refractivity contribution in [2.24, 2.45) is 0 Å².